The topological polar surface area (TPSA) is 54.5 Å². The molecule has 1 aliphatic heterocycles. The molecule has 26 heavy (non-hydrogen) atoms. The summed E-state index contributed by atoms with van der Waals surface area (Å²) in [5.41, 5.74) is 2.45. The normalized spacial score (nSPS) is 15.5. The first-order chi connectivity index (χ1) is 12.6. The number of carbonyl (C=O) groups excluding carboxylic acids is 1. The van der Waals surface area contributed by atoms with Gasteiger partial charge in [-0.15, -0.1) is 11.8 Å². The molecule has 1 aliphatic rings. The number of nitrogens with one attached hydrogen (secondary N) is 1. The molecule has 0 radical (unpaired) electrons. The molecular formula is C19H19N3O2S2. The fraction of sp³-hybridized carbons (Fsp3) is 0.211. The van der Waals surface area contributed by atoms with Crippen LogP contribution in [0.5, 0.6) is 5.75 Å². The van der Waals surface area contributed by atoms with Gasteiger partial charge in [-0.3, -0.25) is 9.69 Å². The Labute approximate surface area is 162 Å². The van der Waals surface area contributed by atoms with E-state index in [1.54, 1.807) is 30.0 Å². The molecule has 1 aromatic carbocycles. The van der Waals surface area contributed by atoms with E-state index in [1.165, 1.54) is 0 Å². The molecule has 0 bridgehead atoms. The fourth-order valence-corrected chi connectivity index (χ4v) is 3.77. The third kappa shape index (κ3) is 4.05. The maximum Gasteiger partial charge on any atom is 0.276 e. The highest BCUT2D eigenvalue weighted by molar-refractivity contribution is 7.98. The van der Waals surface area contributed by atoms with Crippen LogP contribution >= 0.6 is 24.0 Å². The fourth-order valence-electron chi connectivity index (χ4n) is 2.61. The number of likely N-dealkylation sites (N-methyl/N-ethyl adjacent to an activating group) is 1. The molecule has 3 rings (SSSR count). The number of pyridine rings is 1. The van der Waals surface area contributed by atoms with Crippen molar-refractivity contribution in [3.05, 3.63) is 59.4 Å². The van der Waals surface area contributed by atoms with Crippen molar-refractivity contribution in [2.75, 3.05) is 13.7 Å². The second kappa shape index (κ2) is 8.33. The summed E-state index contributed by atoms with van der Waals surface area (Å²) < 4.78 is 5.47. The highest BCUT2D eigenvalue weighted by Crippen LogP contribution is 2.28. The minimum Gasteiger partial charge on any atom is -0.496 e. The maximum atomic E-state index is 12.3. The highest BCUT2D eigenvalue weighted by Gasteiger charge is 2.28. The van der Waals surface area contributed by atoms with Gasteiger partial charge in [-0.1, -0.05) is 12.1 Å². The van der Waals surface area contributed by atoms with Gasteiger partial charge in [0.2, 0.25) is 0 Å². The predicted octanol–water partition coefficient (Wildman–Crippen LogP) is 3.46. The van der Waals surface area contributed by atoms with Crippen LogP contribution < -0.4 is 10.1 Å². The number of benzene rings is 1. The zero-order valence-electron chi connectivity index (χ0n) is 14.6. The Kier molecular flexibility index (Phi) is 5.90. The number of nitrogens with zero attached hydrogens (tertiary/aromatic N) is 2. The zero-order valence-corrected chi connectivity index (χ0v) is 16.2. The SMILES string of the molecule is CCN1C(=O)/C(=C\c2ccc(OC)c(CSc3ccccn3)c2)NC1=S. The number of hydrogen-bond acceptors (Lipinski definition) is 5. The molecule has 0 spiro atoms. The molecule has 1 N–H and O–H groups in total. The van der Waals surface area contributed by atoms with Crippen LogP contribution in [0, 0.1) is 0 Å². The van der Waals surface area contributed by atoms with Gasteiger partial charge in [0.1, 0.15) is 11.4 Å². The van der Waals surface area contributed by atoms with E-state index in [9.17, 15) is 4.79 Å². The number of ether oxygens (including phenoxy) is 1. The second-order valence-electron chi connectivity index (χ2n) is 5.57. The number of carbonyl (C=O) groups is 1. The monoisotopic (exact) mass is 385 g/mol. The van der Waals surface area contributed by atoms with Crippen molar-refractivity contribution in [3.63, 3.8) is 0 Å². The van der Waals surface area contributed by atoms with Gasteiger partial charge < -0.3 is 10.1 Å². The Morgan fingerprint density at radius 1 is 1.35 bits per heavy atom. The van der Waals surface area contributed by atoms with Crippen molar-refractivity contribution in [2.45, 2.75) is 17.7 Å². The van der Waals surface area contributed by atoms with E-state index in [0.29, 0.717) is 17.4 Å². The number of methoxy groups -OCH3 is 1. The molecule has 0 aliphatic carbocycles. The number of hydrogen-bond donors (Lipinski definition) is 1. The van der Waals surface area contributed by atoms with Crippen LogP contribution in [-0.2, 0) is 10.5 Å². The number of rotatable bonds is 6. The van der Waals surface area contributed by atoms with Crippen LogP contribution in [0.2, 0.25) is 0 Å². The first-order valence-electron chi connectivity index (χ1n) is 8.17. The average molecular weight is 386 g/mol. The van der Waals surface area contributed by atoms with Gasteiger partial charge in [0, 0.05) is 24.1 Å². The molecule has 1 aromatic heterocycles. The highest BCUT2D eigenvalue weighted by atomic mass is 32.2. The van der Waals surface area contributed by atoms with Gasteiger partial charge in [-0.05, 0) is 55.0 Å². The summed E-state index contributed by atoms with van der Waals surface area (Å²) in [5, 5.41) is 4.38. The minimum absolute atomic E-state index is 0.0993. The second-order valence-corrected chi connectivity index (χ2v) is 6.95. The molecule has 1 amide bonds. The molecule has 1 saturated heterocycles. The molecule has 0 unspecified atom stereocenters. The Morgan fingerprint density at radius 3 is 2.85 bits per heavy atom. The van der Waals surface area contributed by atoms with Gasteiger partial charge in [0.25, 0.3) is 5.91 Å². The molecule has 7 heteroatoms. The lowest BCUT2D eigenvalue weighted by Crippen LogP contribution is -2.30. The molecule has 5 nitrogen and oxygen atoms in total. The molecule has 2 aromatic rings. The van der Waals surface area contributed by atoms with E-state index in [-0.39, 0.29) is 5.91 Å². The van der Waals surface area contributed by atoms with Crippen LogP contribution in [0.4, 0.5) is 0 Å². The molecule has 0 atom stereocenters. The van der Waals surface area contributed by atoms with E-state index in [0.717, 1.165) is 27.7 Å². The van der Waals surface area contributed by atoms with Crippen LogP contribution in [0.1, 0.15) is 18.1 Å². The standard InChI is InChI=1S/C19H19N3O2S2/c1-3-22-18(23)15(21-19(22)25)11-13-7-8-16(24-2)14(10-13)12-26-17-6-4-5-9-20-17/h4-11H,3,12H2,1-2H3,(H,21,25)/b15-11+. The van der Waals surface area contributed by atoms with Crippen molar-refractivity contribution in [3.8, 4) is 5.75 Å². The van der Waals surface area contributed by atoms with Crippen molar-refractivity contribution in [1.29, 1.82) is 0 Å². The van der Waals surface area contributed by atoms with Crippen molar-refractivity contribution in [2.24, 2.45) is 0 Å². The zero-order chi connectivity index (χ0) is 18.5. The summed E-state index contributed by atoms with van der Waals surface area (Å²) in [4.78, 5) is 18.2. The van der Waals surface area contributed by atoms with Crippen molar-refractivity contribution in [1.82, 2.24) is 15.2 Å². The van der Waals surface area contributed by atoms with Gasteiger partial charge >= 0.3 is 0 Å². The summed E-state index contributed by atoms with van der Waals surface area (Å²) in [6.45, 7) is 2.45. The Morgan fingerprint density at radius 2 is 2.19 bits per heavy atom. The van der Waals surface area contributed by atoms with E-state index >= 15 is 0 Å². The Balaban J connectivity index is 1.82. The van der Waals surface area contributed by atoms with Crippen LogP contribution in [-0.4, -0.2) is 34.6 Å². The lowest BCUT2D eigenvalue weighted by molar-refractivity contribution is -0.122. The van der Waals surface area contributed by atoms with Gasteiger partial charge in [-0.2, -0.15) is 0 Å². The van der Waals surface area contributed by atoms with Crippen molar-refractivity contribution >= 4 is 41.1 Å². The number of thioether (sulfide) groups is 1. The van der Waals surface area contributed by atoms with E-state index in [2.05, 4.69) is 10.3 Å². The van der Waals surface area contributed by atoms with Gasteiger partial charge in [-0.25, -0.2) is 4.98 Å². The Bertz CT molecular complexity index is 853. The molecule has 0 saturated carbocycles. The van der Waals surface area contributed by atoms with Crippen LogP contribution in [0.15, 0.2) is 53.3 Å². The van der Waals surface area contributed by atoms with E-state index in [4.69, 9.17) is 17.0 Å². The summed E-state index contributed by atoms with van der Waals surface area (Å²) in [5.74, 6) is 1.43. The van der Waals surface area contributed by atoms with Gasteiger partial charge in [0.15, 0.2) is 5.11 Å². The lowest BCUT2D eigenvalue weighted by Gasteiger charge is -2.10. The van der Waals surface area contributed by atoms with Crippen molar-refractivity contribution < 1.29 is 9.53 Å². The van der Waals surface area contributed by atoms with Crippen LogP contribution in [0.3, 0.4) is 0 Å². The smallest absolute Gasteiger partial charge is 0.276 e. The van der Waals surface area contributed by atoms with Crippen LogP contribution in [0.25, 0.3) is 6.08 Å². The van der Waals surface area contributed by atoms with E-state index in [1.807, 2.05) is 49.4 Å². The number of aromatic nitrogens is 1. The lowest BCUT2D eigenvalue weighted by atomic mass is 10.1. The first kappa shape index (κ1) is 18.4. The third-order valence-electron chi connectivity index (χ3n) is 3.91. The summed E-state index contributed by atoms with van der Waals surface area (Å²) in [7, 11) is 1.65. The molecule has 1 fully saturated rings. The first-order valence-corrected chi connectivity index (χ1v) is 9.57. The molecule has 134 valence electrons. The summed E-state index contributed by atoms with van der Waals surface area (Å²) >= 11 is 6.83. The molecule has 2 heterocycles. The Hall–Kier alpha value is -2.38. The maximum absolute atomic E-state index is 12.3. The summed E-state index contributed by atoms with van der Waals surface area (Å²) in [6.07, 6.45) is 3.60. The molecular weight excluding hydrogens is 366 g/mol. The summed E-state index contributed by atoms with van der Waals surface area (Å²) in [6, 6.07) is 11.7. The quantitative estimate of drug-likeness (QED) is 0.467. The van der Waals surface area contributed by atoms with E-state index < -0.39 is 0 Å². The predicted molar refractivity (Wildman–Crippen MR) is 108 cm³/mol. The number of amides is 1. The average Bonchev–Trinajstić information content (AvgIpc) is 2.93. The third-order valence-corrected chi connectivity index (χ3v) is 5.22. The largest absolute Gasteiger partial charge is 0.496 e. The van der Waals surface area contributed by atoms with Gasteiger partial charge in [0.05, 0.1) is 12.1 Å². The minimum atomic E-state index is -0.0993. The number of thiocarbonyl (C=S) groups is 1.